The van der Waals surface area contributed by atoms with Gasteiger partial charge in [-0.1, -0.05) is 15.9 Å². The molecule has 0 aromatic heterocycles. The molecule has 7 heteroatoms. The lowest BCUT2D eigenvalue weighted by Crippen LogP contribution is -2.54. The van der Waals surface area contributed by atoms with E-state index in [4.69, 9.17) is 5.73 Å². The number of hydrogen-bond donors (Lipinski definition) is 2. The second-order valence-electron chi connectivity index (χ2n) is 7.22. The maximum atomic E-state index is 12.6. The Bertz CT molecular complexity index is 680. The van der Waals surface area contributed by atoms with Crippen LogP contribution in [0.5, 0.6) is 0 Å². The molecular formula is C18H25BrClN3O2. The zero-order valence-corrected chi connectivity index (χ0v) is 17.0. The second-order valence-corrected chi connectivity index (χ2v) is 8.08. The predicted molar refractivity (Wildman–Crippen MR) is 105 cm³/mol. The van der Waals surface area contributed by atoms with Gasteiger partial charge in [0.05, 0.1) is 11.5 Å². The Balaban J connectivity index is 0.00000225. The number of nitrogens with two attached hydrogens (primary N) is 1. The number of anilines is 1. The van der Waals surface area contributed by atoms with E-state index in [9.17, 15) is 9.59 Å². The van der Waals surface area contributed by atoms with Gasteiger partial charge in [-0.05, 0) is 56.4 Å². The van der Waals surface area contributed by atoms with Crippen LogP contribution in [0.2, 0.25) is 0 Å². The van der Waals surface area contributed by atoms with Crippen LogP contribution in [0.3, 0.4) is 0 Å². The molecule has 1 heterocycles. The second kappa shape index (κ2) is 7.64. The van der Waals surface area contributed by atoms with Crippen LogP contribution in [0.25, 0.3) is 0 Å². The molecule has 5 nitrogen and oxygen atoms in total. The average molecular weight is 431 g/mol. The molecule has 25 heavy (non-hydrogen) atoms. The summed E-state index contributed by atoms with van der Waals surface area (Å²) in [4.78, 5) is 26.7. The number of benzene rings is 1. The number of aryl methyl sites for hydroxylation is 1. The number of amides is 2. The molecule has 2 amide bonds. The van der Waals surface area contributed by atoms with E-state index in [1.165, 1.54) is 0 Å². The fourth-order valence-corrected chi connectivity index (χ4v) is 3.60. The zero-order valence-electron chi connectivity index (χ0n) is 14.5. The summed E-state index contributed by atoms with van der Waals surface area (Å²) in [6.45, 7) is 4.85. The molecule has 1 aliphatic carbocycles. The van der Waals surface area contributed by atoms with Crippen molar-refractivity contribution in [3.8, 4) is 0 Å². The van der Waals surface area contributed by atoms with Crippen LogP contribution in [-0.2, 0) is 9.59 Å². The molecule has 3 rings (SSSR count). The van der Waals surface area contributed by atoms with Crippen molar-refractivity contribution in [2.45, 2.75) is 38.6 Å². The molecule has 2 fully saturated rings. The number of rotatable bonds is 5. The molecule has 0 radical (unpaired) electrons. The summed E-state index contributed by atoms with van der Waals surface area (Å²) in [5.74, 6) is 0.0946. The van der Waals surface area contributed by atoms with Gasteiger partial charge in [-0.15, -0.1) is 12.4 Å². The highest BCUT2D eigenvalue weighted by molar-refractivity contribution is 9.10. The van der Waals surface area contributed by atoms with Crippen molar-refractivity contribution >= 4 is 45.8 Å². The van der Waals surface area contributed by atoms with Gasteiger partial charge in [-0.2, -0.15) is 0 Å². The third-order valence-electron chi connectivity index (χ3n) is 5.26. The normalized spacial score (nSPS) is 22.3. The van der Waals surface area contributed by atoms with Gasteiger partial charge in [-0.3, -0.25) is 9.59 Å². The molecule has 1 saturated heterocycles. The molecule has 1 aromatic carbocycles. The van der Waals surface area contributed by atoms with Crippen molar-refractivity contribution in [2.75, 3.05) is 18.0 Å². The minimum Gasteiger partial charge on any atom is -0.349 e. The van der Waals surface area contributed by atoms with Gasteiger partial charge in [0.2, 0.25) is 11.8 Å². The Kier molecular flexibility index (Phi) is 6.17. The maximum absolute atomic E-state index is 12.6. The lowest BCUT2D eigenvalue weighted by Gasteiger charge is -2.30. The highest BCUT2D eigenvalue weighted by Crippen LogP contribution is 2.39. The Hall–Kier alpha value is -1.11. The molecule has 0 spiro atoms. The number of nitrogens with one attached hydrogen (secondary N) is 1. The van der Waals surface area contributed by atoms with E-state index < -0.39 is 0 Å². The molecule has 2 aliphatic rings. The Morgan fingerprint density at radius 3 is 2.68 bits per heavy atom. The topological polar surface area (TPSA) is 75.4 Å². The molecule has 0 bridgehead atoms. The van der Waals surface area contributed by atoms with E-state index in [2.05, 4.69) is 21.2 Å². The first-order valence-corrected chi connectivity index (χ1v) is 9.22. The van der Waals surface area contributed by atoms with E-state index in [0.29, 0.717) is 19.0 Å². The Morgan fingerprint density at radius 1 is 1.44 bits per heavy atom. The van der Waals surface area contributed by atoms with Gasteiger partial charge in [0.25, 0.3) is 0 Å². The average Bonchev–Trinajstić information content (AvgIpc) is 3.33. The Morgan fingerprint density at radius 2 is 2.12 bits per heavy atom. The van der Waals surface area contributed by atoms with Gasteiger partial charge in [0, 0.05) is 29.7 Å². The highest BCUT2D eigenvalue weighted by atomic mass is 79.9. The fourth-order valence-electron chi connectivity index (χ4n) is 3.35. The van der Waals surface area contributed by atoms with E-state index in [-0.39, 0.29) is 42.1 Å². The number of hydrogen-bond acceptors (Lipinski definition) is 3. The summed E-state index contributed by atoms with van der Waals surface area (Å²) in [5, 5.41) is 3.11. The first kappa shape index (κ1) is 20.2. The summed E-state index contributed by atoms with van der Waals surface area (Å²) >= 11 is 3.47. The van der Waals surface area contributed by atoms with Crippen LogP contribution in [0.1, 0.15) is 31.7 Å². The summed E-state index contributed by atoms with van der Waals surface area (Å²) < 4.78 is 1.01. The summed E-state index contributed by atoms with van der Waals surface area (Å²) in [6.07, 6.45) is 2.48. The standard InChI is InChI=1S/C18H24BrN3O2.ClH/c1-11-7-14(5-6-15(11)19)22-9-12(8-16(22)23)17(24)21-18(2,10-20)13-3-4-13;/h5-7,12-13H,3-4,8-10,20H2,1-2H3,(H,21,24);1H. The highest BCUT2D eigenvalue weighted by Gasteiger charge is 2.44. The van der Waals surface area contributed by atoms with Crippen LogP contribution in [0, 0.1) is 18.8 Å². The first-order valence-electron chi connectivity index (χ1n) is 8.42. The van der Waals surface area contributed by atoms with E-state index in [0.717, 1.165) is 28.6 Å². The molecule has 3 N–H and O–H groups in total. The molecule has 138 valence electrons. The van der Waals surface area contributed by atoms with Crippen LogP contribution < -0.4 is 16.0 Å². The summed E-state index contributed by atoms with van der Waals surface area (Å²) in [7, 11) is 0. The van der Waals surface area contributed by atoms with E-state index in [1.807, 2.05) is 32.0 Å². The van der Waals surface area contributed by atoms with E-state index >= 15 is 0 Å². The largest absolute Gasteiger partial charge is 0.349 e. The molecule has 2 atom stereocenters. The SMILES string of the molecule is Cc1cc(N2CC(C(=O)NC(C)(CN)C3CC3)CC2=O)ccc1Br.Cl. The van der Waals surface area contributed by atoms with Crippen LogP contribution in [-0.4, -0.2) is 30.4 Å². The van der Waals surface area contributed by atoms with Crippen LogP contribution in [0.4, 0.5) is 5.69 Å². The van der Waals surface area contributed by atoms with Crippen LogP contribution in [0.15, 0.2) is 22.7 Å². The van der Waals surface area contributed by atoms with Crippen molar-refractivity contribution in [3.63, 3.8) is 0 Å². The molecule has 2 unspecified atom stereocenters. The van der Waals surface area contributed by atoms with Crippen molar-refractivity contribution in [1.29, 1.82) is 0 Å². The van der Waals surface area contributed by atoms with Crippen molar-refractivity contribution in [1.82, 2.24) is 5.32 Å². The van der Waals surface area contributed by atoms with Gasteiger partial charge >= 0.3 is 0 Å². The monoisotopic (exact) mass is 429 g/mol. The molecule has 1 saturated carbocycles. The van der Waals surface area contributed by atoms with Crippen molar-refractivity contribution in [3.05, 3.63) is 28.2 Å². The van der Waals surface area contributed by atoms with Crippen LogP contribution >= 0.6 is 28.3 Å². The zero-order chi connectivity index (χ0) is 17.5. The third-order valence-corrected chi connectivity index (χ3v) is 6.15. The third kappa shape index (κ3) is 4.18. The molecule has 1 aliphatic heterocycles. The molecular weight excluding hydrogens is 406 g/mol. The quantitative estimate of drug-likeness (QED) is 0.754. The van der Waals surface area contributed by atoms with Gasteiger partial charge in [-0.25, -0.2) is 0 Å². The van der Waals surface area contributed by atoms with Crippen molar-refractivity contribution in [2.24, 2.45) is 17.6 Å². The minimum atomic E-state index is -0.345. The molecule has 1 aromatic rings. The van der Waals surface area contributed by atoms with Crippen molar-refractivity contribution < 1.29 is 9.59 Å². The number of carbonyl (C=O) groups is 2. The van der Waals surface area contributed by atoms with Gasteiger partial charge < -0.3 is 16.0 Å². The number of halogens is 2. The number of carbonyl (C=O) groups excluding carboxylic acids is 2. The lowest BCUT2D eigenvalue weighted by atomic mass is 9.94. The predicted octanol–water partition coefficient (Wildman–Crippen LogP) is 2.78. The van der Waals surface area contributed by atoms with E-state index in [1.54, 1.807) is 4.90 Å². The smallest absolute Gasteiger partial charge is 0.227 e. The summed E-state index contributed by atoms with van der Waals surface area (Å²) in [5.41, 5.74) is 7.44. The maximum Gasteiger partial charge on any atom is 0.227 e. The Labute approximate surface area is 163 Å². The first-order chi connectivity index (χ1) is 11.3. The lowest BCUT2D eigenvalue weighted by molar-refractivity contribution is -0.128. The fraction of sp³-hybridized carbons (Fsp3) is 0.556. The van der Waals surface area contributed by atoms with Gasteiger partial charge in [0.1, 0.15) is 0 Å². The minimum absolute atomic E-state index is 0. The summed E-state index contributed by atoms with van der Waals surface area (Å²) in [6, 6.07) is 5.81. The number of nitrogens with zero attached hydrogens (tertiary/aromatic N) is 1. The van der Waals surface area contributed by atoms with Gasteiger partial charge in [0.15, 0.2) is 0 Å².